The lowest BCUT2D eigenvalue weighted by Crippen LogP contribution is -2.38. The number of anilines is 1. The van der Waals surface area contributed by atoms with Crippen LogP contribution in [-0.2, 0) is 9.53 Å². The van der Waals surface area contributed by atoms with Crippen LogP contribution in [0, 0.1) is 11.3 Å². The van der Waals surface area contributed by atoms with E-state index in [0.29, 0.717) is 24.2 Å². The van der Waals surface area contributed by atoms with Crippen LogP contribution in [0.1, 0.15) is 31.7 Å². The fourth-order valence-electron chi connectivity index (χ4n) is 2.39. The SMILES string of the molecule is C[C@@H](NCCC(=O)Nc1ccc(C#N)cc1)[C@@H]1CCCO1. The number of hydrogen-bond acceptors (Lipinski definition) is 4. The zero-order valence-electron chi connectivity index (χ0n) is 12.3. The van der Waals surface area contributed by atoms with Gasteiger partial charge in [-0.05, 0) is 44.0 Å². The molecule has 1 saturated heterocycles. The van der Waals surface area contributed by atoms with E-state index < -0.39 is 0 Å². The summed E-state index contributed by atoms with van der Waals surface area (Å²) in [7, 11) is 0. The second-order valence-electron chi connectivity index (χ2n) is 5.28. The van der Waals surface area contributed by atoms with Crippen LogP contribution in [0.15, 0.2) is 24.3 Å². The summed E-state index contributed by atoms with van der Waals surface area (Å²) in [6.45, 7) is 3.56. The molecule has 1 aromatic rings. The molecule has 2 N–H and O–H groups in total. The van der Waals surface area contributed by atoms with Crippen molar-refractivity contribution in [1.82, 2.24) is 5.32 Å². The predicted molar refractivity (Wildman–Crippen MR) is 80.8 cm³/mol. The van der Waals surface area contributed by atoms with Gasteiger partial charge in [0.15, 0.2) is 0 Å². The van der Waals surface area contributed by atoms with Crippen LogP contribution < -0.4 is 10.6 Å². The van der Waals surface area contributed by atoms with Gasteiger partial charge in [0.05, 0.1) is 17.7 Å². The zero-order chi connectivity index (χ0) is 15.1. The van der Waals surface area contributed by atoms with Crippen LogP contribution in [0.5, 0.6) is 0 Å². The number of nitrogens with zero attached hydrogens (tertiary/aromatic N) is 1. The van der Waals surface area contributed by atoms with Crippen LogP contribution >= 0.6 is 0 Å². The van der Waals surface area contributed by atoms with Gasteiger partial charge < -0.3 is 15.4 Å². The Bertz CT molecular complexity index is 501. The molecule has 112 valence electrons. The number of rotatable bonds is 6. The van der Waals surface area contributed by atoms with Crippen LogP contribution in [0.2, 0.25) is 0 Å². The number of ether oxygens (including phenoxy) is 1. The highest BCUT2D eigenvalue weighted by molar-refractivity contribution is 5.90. The summed E-state index contributed by atoms with van der Waals surface area (Å²) in [5, 5.41) is 14.9. The van der Waals surface area contributed by atoms with E-state index >= 15 is 0 Å². The minimum atomic E-state index is -0.0354. The van der Waals surface area contributed by atoms with Gasteiger partial charge in [-0.25, -0.2) is 0 Å². The van der Waals surface area contributed by atoms with Crippen molar-refractivity contribution in [2.45, 2.75) is 38.3 Å². The van der Waals surface area contributed by atoms with Gasteiger partial charge in [0.25, 0.3) is 0 Å². The van der Waals surface area contributed by atoms with Gasteiger partial charge in [-0.15, -0.1) is 0 Å². The van der Waals surface area contributed by atoms with E-state index in [1.54, 1.807) is 24.3 Å². The third-order valence-electron chi connectivity index (χ3n) is 3.64. The monoisotopic (exact) mass is 287 g/mol. The Morgan fingerprint density at radius 3 is 2.86 bits per heavy atom. The van der Waals surface area contributed by atoms with Gasteiger partial charge in [0.1, 0.15) is 0 Å². The average Bonchev–Trinajstić information content (AvgIpc) is 3.02. The van der Waals surface area contributed by atoms with E-state index in [1.165, 1.54) is 0 Å². The lowest BCUT2D eigenvalue weighted by atomic mass is 10.1. The van der Waals surface area contributed by atoms with E-state index in [0.717, 1.165) is 19.4 Å². The first-order valence-electron chi connectivity index (χ1n) is 7.34. The molecule has 0 aromatic heterocycles. The minimum absolute atomic E-state index is 0.0354. The Morgan fingerprint density at radius 1 is 1.48 bits per heavy atom. The maximum atomic E-state index is 11.8. The van der Waals surface area contributed by atoms with Crippen LogP contribution in [-0.4, -0.2) is 31.2 Å². The molecule has 2 atom stereocenters. The predicted octanol–water partition coefficient (Wildman–Crippen LogP) is 2.04. The molecule has 0 radical (unpaired) electrons. The molecule has 5 heteroatoms. The van der Waals surface area contributed by atoms with Gasteiger partial charge >= 0.3 is 0 Å². The summed E-state index contributed by atoms with van der Waals surface area (Å²) in [6, 6.07) is 9.17. The number of benzene rings is 1. The highest BCUT2D eigenvalue weighted by atomic mass is 16.5. The first kappa shape index (κ1) is 15.5. The summed E-state index contributed by atoms with van der Waals surface area (Å²) >= 11 is 0. The summed E-state index contributed by atoms with van der Waals surface area (Å²) in [5.41, 5.74) is 1.30. The number of hydrogen-bond donors (Lipinski definition) is 2. The molecule has 5 nitrogen and oxygen atoms in total. The van der Waals surface area contributed by atoms with Crippen molar-refractivity contribution in [2.75, 3.05) is 18.5 Å². The summed E-state index contributed by atoms with van der Waals surface area (Å²) in [5.74, 6) is -0.0354. The lowest BCUT2D eigenvalue weighted by molar-refractivity contribution is -0.116. The first-order chi connectivity index (χ1) is 10.2. The number of nitrogens with one attached hydrogen (secondary N) is 2. The van der Waals surface area contributed by atoms with Crippen molar-refractivity contribution >= 4 is 11.6 Å². The highest BCUT2D eigenvalue weighted by Gasteiger charge is 2.21. The molecule has 0 aliphatic carbocycles. The standard InChI is InChI=1S/C16H21N3O2/c1-12(15-3-2-10-21-15)18-9-8-16(20)19-14-6-4-13(11-17)5-7-14/h4-7,12,15,18H,2-3,8-10H2,1H3,(H,19,20)/t12-,15+/m1/s1. The Morgan fingerprint density at radius 2 is 2.24 bits per heavy atom. The molecule has 1 aromatic carbocycles. The second kappa shape index (κ2) is 7.77. The normalized spacial score (nSPS) is 19.0. The molecule has 1 amide bonds. The van der Waals surface area contributed by atoms with E-state index in [-0.39, 0.29) is 18.1 Å². The number of carbonyl (C=O) groups is 1. The zero-order valence-corrected chi connectivity index (χ0v) is 12.3. The van der Waals surface area contributed by atoms with Gasteiger partial charge in [-0.3, -0.25) is 4.79 Å². The molecule has 0 bridgehead atoms. The Hall–Kier alpha value is -1.90. The summed E-state index contributed by atoms with van der Waals surface area (Å²) < 4.78 is 5.60. The third kappa shape index (κ3) is 4.85. The molecule has 1 fully saturated rings. The molecular formula is C16H21N3O2. The first-order valence-corrected chi connectivity index (χ1v) is 7.34. The maximum absolute atomic E-state index is 11.8. The lowest BCUT2D eigenvalue weighted by Gasteiger charge is -2.19. The summed E-state index contributed by atoms with van der Waals surface area (Å²) in [6.07, 6.45) is 2.89. The fourth-order valence-corrected chi connectivity index (χ4v) is 2.39. The minimum Gasteiger partial charge on any atom is -0.377 e. The third-order valence-corrected chi connectivity index (χ3v) is 3.64. The van der Waals surface area contributed by atoms with Crippen molar-refractivity contribution in [2.24, 2.45) is 0 Å². The largest absolute Gasteiger partial charge is 0.377 e. The van der Waals surface area contributed by atoms with Gasteiger partial charge in [-0.2, -0.15) is 5.26 Å². The van der Waals surface area contributed by atoms with Crippen molar-refractivity contribution in [3.8, 4) is 6.07 Å². The highest BCUT2D eigenvalue weighted by Crippen LogP contribution is 2.15. The van der Waals surface area contributed by atoms with Crippen molar-refractivity contribution in [3.05, 3.63) is 29.8 Å². The van der Waals surface area contributed by atoms with E-state index in [2.05, 4.69) is 17.6 Å². The van der Waals surface area contributed by atoms with E-state index in [1.807, 2.05) is 6.07 Å². The van der Waals surface area contributed by atoms with Gasteiger partial charge in [-0.1, -0.05) is 0 Å². The Kier molecular flexibility index (Phi) is 5.73. The molecule has 0 unspecified atom stereocenters. The van der Waals surface area contributed by atoms with Gasteiger partial charge in [0.2, 0.25) is 5.91 Å². The number of amides is 1. The number of nitriles is 1. The quantitative estimate of drug-likeness (QED) is 0.839. The molecule has 21 heavy (non-hydrogen) atoms. The van der Waals surface area contributed by atoms with Crippen molar-refractivity contribution in [3.63, 3.8) is 0 Å². The molecule has 1 aliphatic rings. The average molecular weight is 287 g/mol. The van der Waals surface area contributed by atoms with Crippen molar-refractivity contribution in [1.29, 1.82) is 5.26 Å². The molecule has 0 spiro atoms. The van der Waals surface area contributed by atoms with Crippen molar-refractivity contribution < 1.29 is 9.53 Å². The molecule has 1 heterocycles. The Balaban J connectivity index is 1.68. The van der Waals surface area contributed by atoms with Crippen LogP contribution in [0.4, 0.5) is 5.69 Å². The molecule has 2 rings (SSSR count). The number of carbonyl (C=O) groups excluding carboxylic acids is 1. The summed E-state index contributed by atoms with van der Waals surface area (Å²) in [4.78, 5) is 11.8. The second-order valence-corrected chi connectivity index (χ2v) is 5.28. The van der Waals surface area contributed by atoms with E-state index in [9.17, 15) is 4.79 Å². The maximum Gasteiger partial charge on any atom is 0.225 e. The van der Waals surface area contributed by atoms with E-state index in [4.69, 9.17) is 10.00 Å². The smallest absolute Gasteiger partial charge is 0.225 e. The molecular weight excluding hydrogens is 266 g/mol. The van der Waals surface area contributed by atoms with Crippen LogP contribution in [0.3, 0.4) is 0 Å². The topological polar surface area (TPSA) is 74.2 Å². The van der Waals surface area contributed by atoms with Crippen LogP contribution in [0.25, 0.3) is 0 Å². The molecule has 1 aliphatic heterocycles. The Labute approximate surface area is 125 Å². The fraction of sp³-hybridized carbons (Fsp3) is 0.500. The molecule has 0 saturated carbocycles. The van der Waals surface area contributed by atoms with Gasteiger partial charge in [0, 0.05) is 31.3 Å².